The molecule has 0 radical (unpaired) electrons. The number of nitrogens with two attached hydrogens (primary N) is 1. The quantitative estimate of drug-likeness (QED) is 0.198. The number of benzene rings is 1. The molecule has 1 aromatic carbocycles. The maximum absolute atomic E-state index is 12.4. The number of halogens is 1. The summed E-state index contributed by atoms with van der Waals surface area (Å²) in [4.78, 5) is 11.4. The van der Waals surface area contributed by atoms with E-state index in [9.17, 15) is 14.3 Å². The molecular weight excluding hydrogens is 521 g/mol. The van der Waals surface area contributed by atoms with E-state index in [-0.39, 0.29) is 30.2 Å². The molecule has 5 atom stereocenters. The second kappa shape index (κ2) is 37.9. The minimum absolute atomic E-state index is 0.0198. The molecule has 0 aliphatic heterocycles. The number of hydrogen-bond donors (Lipinski definition) is 2. The van der Waals surface area contributed by atoms with Crippen LogP contribution in [-0.4, -0.2) is 18.0 Å². The van der Waals surface area contributed by atoms with Gasteiger partial charge < -0.3 is 15.6 Å². The minimum atomic E-state index is -0.144. The van der Waals surface area contributed by atoms with Crippen LogP contribution in [0, 0.1) is 61.1 Å². The van der Waals surface area contributed by atoms with Crippen molar-refractivity contribution in [2.24, 2.45) is 35.3 Å². The van der Waals surface area contributed by atoms with Gasteiger partial charge in [0, 0.05) is 18.2 Å². The Morgan fingerprint density at radius 3 is 2.00 bits per heavy atom. The van der Waals surface area contributed by atoms with Crippen molar-refractivity contribution in [2.45, 2.75) is 101 Å². The number of carbonyl (C=O) groups excluding carboxylic acids is 1. The number of fused-ring (bicyclic) bond motifs is 1. The van der Waals surface area contributed by atoms with Gasteiger partial charge >= 0.3 is 0 Å². The van der Waals surface area contributed by atoms with Crippen LogP contribution in [0.2, 0.25) is 0 Å². The molecule has 2 saturated carbocycles. The first kappa shape index (κ1) is 48.6. The maximum Gasteiger partial charge on any atom is 0.123 e. The molecule has 2 fully saturated rings. The van der Waals surface area contributed by atoms with E-state index in [2.05, 4.69) is 38.3 Å². The highest BCUT2D eigenvalue weighted by Gasteiger charge is 2.43. The van der Waals surface area contributed by atoms with Crippen molar-refractivity contribution >= 4 is 6.29 Å². The highest BCUT2D eigenvalue weighted by molar-refractivity contribution is 5.54. The Bertz CT molecular complexity index is 819. The van der Waals surface area contributed by atoms with Crippen molar-refractivity contribution in [3.63, 3.8) is 0 Å². The fourth-order valence-electron chi connectivity index (χ4n) is 5.03. The molecule has 0 amide bonds. The summed E-state index contributed by atoms with van der Waals surface area (Å²) in [5.41, 5.74) is 7.61. The molecular formula is C38H64FNO2. The Kier molecular flexibility index (Phi) is 43.9. The fraction of sp³-hybridized carbons (Fsp3) is 0.553. The summed E-state index contributed by atoms with van der Waals surface area (Å²) in [7, 11) is 0. The van der Waals surface area contributed by atoms with E-state index in [0.717, 1.165) is 24.7 Å². The molecule has 0 saturated heterocycles. The monoisotopic (exact) mass is 585 g/mol. The third kappa shape index (κ3) is 20.7. The van der Waals surface area contributed by atoms with Crippen molar-refractivity contribution in [3.05, 3.63) is 72.2 Å². The summed E-state index contributed by atoms with van der Waals surface area (Å²) in [6, 6.07) is 6.66. The Morgan fingerprint density at radius 1 is 1.02 bits per heavy atom. The van der Waals surface area contributed by atoms with Crippen LogP contribution < -0.4 is 5.73 Å². The third-order valence-electron chi connectivity index (χ3n) is 6.59. The lowest BCUT2D eigenvalue weighted by Gasteiger charge is -2.46. The summed E-state index contributed by atoms with van der Waals surface area (Å²) in [6.45, 7) is 21.7. The smallest absolute Gasteiger partial charge is 0.123 e. The zero-order valence-electron chi connectivity index (χ0n) is 28.4. The molecule has 1 aromatic rings. The normalized spacial score (nSPS) is 21.3. The van der Waals surface area contributed by atoms with Gasteiger partial charge in [-0.25, -0.2) is 4.39 Å². The van der Waals surface area contributed by atoms with E-state index >= 15 is 0 Å². The lowest BCUT2D eigenvalue weighted by molar-refractivity contribution is -0.118. The van der Waals surface area contributed by atoms with Crippen LogP contribution in [0.5, 0.6) is 0 Å². The Labute approximate surface area is 261 Å². The number of rotatable bonds is 6. The molecule has 0 spiro atoms. The van der Waals surface area contributed by atoms with E-state index in [4.69, 9.17) is 5.73 Å². The summed E-state index contributed by atoms with van der Waals surface area (Å²) in [5, 5.41) is 9.77. The van der Waals surface area contributed by atoms with Gasteiger partial charge in [0.1, 0.15) is 12.1 Å². The maximum atomic E-state index is 12.4. The van der Waals surface area contributed by atoms with E-state index < -0.39 is 0 Å². The number of aliphatic hydroxyl groups is 1. The number of aliphatic hydroxyl groups excluding tert-OH is 1. The number of hydrogen-bond acceptors (Lipinski definition) is 3. The summed E-state index contributed by atoms with van der Waals surface area (Å²) in [6.07, 6.45) is 31.3. The summed E-state index contributed by atoms with van der Waals surface area (Å²) < 4.78 is 12.4. The van der Waals surface area contributed by atoms with Crippen LogP contribution in [-0.2, 0) is 11.2 Å². The van der Waals surface area contributed by atoms with Crippen LogP contribution in [0.3, 0.4) is 0 Å². The third-order valence-corrected chi connectivity index (χ3v) is 6.59. The summed E-state index contributed by atoms with van der Waals surface area (Å²) >= 11 is 0. The second-order valence-corrected chi connectivity index (χ2v) is 8.41. The number of carbonyl (C=O) groups is 1. The number of aldehydes is 1. The zero-order chi connectivity index (χ0) is 33.9. The van der Waals surface area contributed by atoms with Crippen LogP contribution in [0.4, 0.5) is 4.39 Å². The average molecular weight is 586 g/mol. The predicted molar refractivity (Wildman–Crippen MR) is 186 cm³/mol. The molecule has 3 N–H and O–H groups in total. The first-order valence-corrected chi connectivity index (χ1v) is 15.8. The van der Waals surface area contributed by atoms with E-state index in [1.807, 2.05) is 74.5 Å². The fourth-order valence-corrected chi connectivity index (χ4v) is 5.03. The van der Waals surface area contributed by atoms with Crippen LogP contribution in [0.15, 0.2) is 60.8 Å². The van der Waals surface area contributed by atoms with Gasteiger partial charge in [-0.1, -0.05) is 112 Å². The SMILES string of the molecule is C#C.C#C.C=C/C=C(N)/C=C/[C@H]1C2CCCC[C@H]2C[C@@H](C=O)[C@H]1CO.CC.CC.CC.CC.CCc1cccc(F)c1. The second-order valence-electron chi connectivity index (χ2n) is 8.41. The van der Waals surface area contributed by atoms with Crippen molar-refractivity contribution in [1.82, 2.24) is 0 Å². The van der Waals surface area contributed by atoms with Crippen molar-refractivity contribution in [3.8, 4) is 25.7 Å². The molecule has 42 heavy (non-hydrogen) atoms. The van der Waals surface area contributed by atoms with Crippen LogP contribution in [0.25, 0.3) is 0 Å². The van der Waals surface area contributed by atoms with Gasteiger partial charge in [0.15, 0.2) is 0 Å². The molecule has 0 heterocycles. The predicted octanol–water partition coefficient (Wildman–Crippen LogP) is 9.81. The molecule has 1 unspecified atom stereocenters. The first-order valence-electron chi connectivity index (χ1n) is 15.8. The van der Waals surface area contributed by atoms with Crippen molar-refractivity contribution < 1.29 is 14.3 Å². The van der Waals surface area contributed by atoms with E-state index in [1.165, 1.54) is 31.7 Å². The Balaban J connectivity index is -0.000000181. The van der Waals surface area contributed by atoms with Gasteiger partial charge in [0.2, 0.25) is 0 Å². The van der Waals surface area contributed by atoms with Gasteiger partial charge in [-0.05, 0) is 72.8 Å². The van der Waals surface area contributed by atoms with Gasteiger partial charge in [0.25, 0.3) is 0 Å². The highest BCUT2D eigenvalue weighted by atomic mass is 19.1. The lowest BCUT2D eigenvalue weighted by Crippen LogP contribution is -2.43. The average Bonchev–Trinajstić information content (AvgIpc) is 3.09. The van der Waals surface area contributed by atoms with Gasteiger partial charge in [-0.3, -0.25) is 0 Å². The van der Waals surface area contributed by atoms with Gasteiger partial charge in [-0.2, -0.15) is 0 Å². The number of allylic oxidation sites excluding steroid dienone is 4. The van der Waals surface area contributed by atoms with E-state index in [0.29, 0.717) is 17.5 Å². The standard InChI is InChI=1S/C18H27NO2.C8H9F.4C2H6.2C2H2/c1-2-5-15(19)8-9-17-16-7-4-3-6-13(16)10-14(11-20)18(17)12-21;1-2-7-4-3-5-8(9)6-7;6*1-2/h2,5,8-9,11,13-14,16-18,21H,1,3-4,6-7,10,12,19H2;3-6H,2H2,1H3;4*1-2H3;2*1-2H/b9-8+,15-5-;;;;;;;/t13-,14-,16?,17-,18+;;;;;;;/m0......./s1. The van der Waals surface area contributed by atoms with Crippen LogP contribution >= 0.6 is 0 Å². The topological polar surface area (TPSA) is 63.3 Å². The van der Waals surface area contributed by atoms with Crippen LogP contribution in [0.1, 0.15) is 100.0 Å². The first-order chi connectivity index (χ1) is 20.5. The molecule has 0 bridgehead atoms. The zero-order valence-corrected chi connectivity index (χ0v) is 28.4. The highest BCUT2D eigenvalue weighted by Crippen LogP contribution is 2.48. The molecule has 4 heteroatoms. The molecule has 240 valence electrons. The van der Waals surface area contributed by atoms with E-state index in [1.54, 1.807) is 24.3 Å². The molecule has 3 nitrogen and oxygen atoms in total. The Hall–Kier alpha value is -3.08. The van der Waals surface area contributed by atoms with Crippen molar-refractivity contribution in [1.29, 1.82) is 0 Å². The molecule has 3 rings (SSSR count). The molecule has 2 aliphatic carbocycles. The number of aryl methyl sites for hydroxylation is 1. The minimum Gasteiger partial charge on any atom is -0.399 e. The molecule has 2 aliphatic rings. The number of terminal acetylenes is 2. The summed E-state index contributed by atoms with van der Waals surface area (Å²) in [5.74, 6) is 1.33. The van der Waals surface area contributed by atoms with Gasteiger partial charge in [0.05, 0.1) is 0 Å². The Morgan fingerprint density at radius 2 is 1.57 bits per heavy atom. The van der Waals surface area contributed by atoms with Crippen molar-refractivity contribution in [2.75, 3.05) is 6.61 Å². The molecule has 0 aromatic heterocycles. The van der Waals surface area contributed by atoms with Gasteiger partial charge in [-0.15, -0.1) is 25.7 Å². The largest absolute Gasteiger partial charge is 0.399 e. The lowest BCUT2D eigenvalue weighted by atomic mass is 9.58.